The van der Waals surface area contributed by atoms with Crippen LogP contribution in [0.2, 0.25) is 0 Å². The number of β-amino-alcohol motifs (C(OH)–C–C–N with tert-alkyl or cyclic N) is 1. The minimum Gasteiger partial charge on any atom is -0.491 e. The summed E-state index contributed by atoms with van der Waals surface area (Å²) in [6, 6.07) is 14.2. The van der Waals surface area contributed by atoms with E-state index in [1.54, 1.807) is 0 Å². The van der Waals surface area contributed by atoms with Gasteiger partial charge in [0.25, 0.3) is 0 Å². The maximum atomic E-state index is 10.3. The Morgan fingerprint density at radius 1 is 1.00 bits per heavy atom. The van der Waals surface area contributed by atoms with Crippen LogP contribution in [0.4, 0.5) is 0 Å². The second-order valence-electron chi connectivity index (χ2n) is 8.93. The van der Waals surface area contributed by atoms with Crippen LogP contribution in [-0.2, 0) is 5.41 Å². The van der Waals surface area contributed by atoms with Gasteiger partial charge in [-0.3, -0.25) is 4.90 Å². The van der Waals surface area contributed by atoms with Gasteiger partial charge in [-0.2, -0.15) is 0 Å². The Hall–Kier alpha value is -1.10. The van der Waals surface area contributed by atoms with Gasteiger partial charge in [0, 0.05) is 38.1 Å². The van der Waals surface area contributed by atoms with E-state index in [0.717, 1.165) is 46.8 Å². The Morgan fingerprint density at radius 3 is 2.27 bits per heavy atom. The van der Waals surface area contributed by atoms with E-state index in [1.807, 2.05) is 18.2 Å². The molecule has 2 atom stereocenters. The first-order valence-electron chi connectivity index (χ1n) is 11.3. The van der Waals surface area contributed by atoms with Crippen molar-refractivity contribution in [3.8, 4) is 11.5 Å². The first-order chi connectivity index (χ1) is 15.8. The number of benzene rings is 2. The molecule has 0 aliphatic carbocycles. The molecule has 0 saturated carbocycles. The average Bonchev–Trinajstić information content (AvgIpc) is 2.82. The van der Waals surface area contributed by atoms with Crippen molar-refractivity contribution in [2.45, 2.75) is 31.5 Å². The third-order valence-corrected chi connectivity index (χ3v) is 7.16. The highest BCUT2D eigenvalue weighted by atomic mass is 123. The Bertz CT molecular complexity index is 875. The van der Waals surface area contributed by atoms with E-state index < -0.39 is 12.2 Å². The number of aliphatic hydroxyl groups is 2. The van der Waals surface area contributed by atoms with E-state index in [1.165, 1.54) is 5.56 Å². The van der Waals surface area contributed by atoms with Crippen LogP contribution in [0.3, 0.4) is 0 Å². The molecule has 1 fully saturated rings. The lowest BCUT2D eigenvalue weighted by Crippen LogP contribution is -2.47. The average molecular weight is 585 g/mol. The van der Waals surface area contributed by atoms with Crippen LogP contribution < -0.4 is 14.8 Å². The molecule has 1 heterocycles. The van der Waals surface area contributed by atoms with Gasteiger partial charge >= 0.3 is 0 Å². The minimum absolute atomic E-state index is 0.149. The Morgan fingerprint density at radius 2 is 1.64 bits per heavy atom. The molecule has 182 valence electrons. The van der Waals surface area contributed by atoms with Crippen molar-refractivity contribution in [1.82, 2.24) is 10.2 Å². The highest BCUT2D eigenvalue weighted by molar-refractivity contribution is 14.1. The number of hydrogen-bond acceptors (Lipinski definition) is 6. The Balaban J connectivity index is 1.57. The van der Waals surface area contributed by atoms with Crippen molar-refractivity contribution in [3.05, 3.63) is 57.2 Å². The predicted octanol–water partition coefficient (Wildman–Crippen LogP) is 3.24. The van der Waals surface area contributed by atoms with Crippen molar-refractivity contribution in [2.24, 2.45) is 0 Å². The van der Waals surface area contributed by atoms with Crippen LogP contribution in [0.5, 0.6) is 11.5 Å². The van der Waals surface area contributed by atoms with E-state index in [2.05, 4.69) is 70.9 Å². The molecule has 2 aromatic carbocycles. The maximum Gasteiger partial charge on any atom is 0.132 e. The van der Waals surface area contributed by atoms with Crippen LogP contribution in [0.25, 0.3) is 0 Å². The molecule has 3 N–H and O–H groups in total. The molecule has 0 amide bonds. The largest absolute Gasteiger partial charge is 0.491 e. The Labute approximate surface area is 215 Å². The fourth-order valence-electron chi connectivity index (χ4n) is 3.81. The summed E-state index contributed by atoms with van der Waals surface area (Å²) >= 11 is 7.90. The number of piperazine rings is 1. The standard InChI is InChI=1S/C25H34ClIN2O4/c1-25(2,19-5-8-24(23(27)13-19)33-16-20(30)14-26)18-3-6-22(7-4-18)32-17-21(31)15-29-11-9-28-10-12-29/h3-8,13,20-21,28,30-31H,9-12,14-17H2,1-2H3/i27-4. The van der Waals surface area contributed by atoms with Crippen LogP contribution in [0.15, 0.2) is 42.5 Å². The molecule has 1 aliphatic heterocycles. The third kappa shape index (κ3) is 7.70. The van der Waals surface area contributed by atoms with Gasteiger partial charge in [-0.25, -0.2) is 0 Å². The summed E-state index contributed by atoms with van der Waals surface area (Å²) in [6.07, 6.45) is -1.19. The second-order valence-corrected chi connectivity index (χ2v) is 10.4. The molecule has 0 radical (unpaired) electrons. The van der Waals surface area contributed by atoms with Gasteiger partial charge in [0.1, 0.15) is 36.9 Å². The van der Waals surface area contributed by atoms with Crippen LogP contribution in [0, 0.1) is 3.57 Å². The molecule has 0 spiro atoms. The first-order valence-corrected chi connectivity index (χ1v) is 12.9. The number of nitrogens with zero attached hydrogens (tertiary/aromatic N) is 1. The molecule has 1 aliphatic rings. The summed E-state index contributed by atoms with van der Waals surface area (Å²) in [4.78, 5) is 2.26. The first kappa shape index (κ1) is 26.5. The summed E-state index contributed by atoms with van der Waals surface area (Å²) < 4.78 is 12.5. The second kappa shape index (κ2) is 12.6. The third-order valence-electron chi connectivity index (χ3n) is 5.96. The van der Waals surface area contributed by atoms with Gasteiger partial charge in [-0.15, -0.1) is 11.6 Å². The summed E-state index contributed by atoms with van der Waals surface area (Å²) in [5.74, 6) is 1.64. The highest BCUT2D eigenvalue weighted by Gasteiger charge is 2.24. The molecular formula is C25H34ClIN2O4. The summed E-state index contributed by atoms with van der Waals surface area (Å²) in [6.45, 7) is 9.32. The highest BCUT2D eigenvalue weighted by Crippen LogP contribution is 2.35. The van der Waals surface area contributed by atoms with Gasteiger partial charge in [0.05, 0.1) is 9.45 Å². The molecule has 0 aromatic heterocycles. The number of alkyl halides is 1. The normalized spacial score (nSPS) is 16.9. The molecule has 33 heavy (non-hydrogen) atoms. The van der Waals surface area contributed by atoms with E-state index >= 15 is 0 Å². The number of aliphatic hydroxyl groups excluding tert-OH is 2. The van der Waals surface area contributed by atoms with Crippen LogP contribution in [0.1, 0.15) is 25.0 Å². The zero-order chi connectivity index (χ0) is 23.8. The van der Waals surface area contributed by atoms with E-state index in [-0.39, 0.29) is 24.5 Å². The SMILES string of the molecule is CC(C)(c1ccc(OCC(O)CN2CCNCC2)cc1)c1ccc(OCC(O)CCl)c([123I])c1. The summed E-state index contributed by atoms with van der Waals surface area (Å²) in [5.41, 5.74) is 2.12. The van der Waals surface area contributed by atoms with Gasteiger partial charge in [0.2, 0.25) is 0 Å². The molecule has 2 unspecified atom stereocenters. The van der Waals surface area contributed by atoms with Gasteiger partial charge in [-0.1, -0.05) is 32.0 Å². The lowest BCUT2D eigenvalue weighted by Gasteiger charge is -2.29. The number of ether oxygens (including phenoxy) is 2. The number of nitrogens with one attached hydrogen (secondary N) is 1. The van der Waals surface area contributed by atoms with Crippen molar-refractivity contribution in [1.29, 1.82) is 0 Å². The number of rotatable bonds is 11. The van der Waals surface area contributed by atoms with Crippen LogP contribution in [-0.4, -0.2) is 79.1 Å². The minimum atomic E-state index is -0.678. The molecule has 8 heteroatoms. The molecule has 3 rings (SSSR count). The molecule has 2 aromatic rings. The van der Waals surface area contributed by atoms with Gasteiger partial charge in [0.15, 0.2) is 0 Å². The quantitative estimate of drug-likeness (QED) is 0.278. The lowest BCUT2D eigenvalue weighted by molar-refractivity contribution is 0.0641. The monoisotopic (exact) mass is 584 g/mol. The molecule has 1 saturated heterocycles. The molecule has 0 bridgehead atoms. The van der Waals surface area contributed by atoms with Crippen LogP contribution >= 0.6 is 34.2 Å². The number of hydrogen-bond donors (Lipinski definition) is 3. The van der Waals surface area contributed by atoms with Crippen molar-refractivity contribution >= 4 is 34.2 Å². The fraction of sp³-hybridized carbons (Fsp3) is 0.520. The lowest BCUT2D eigenvalue weighted by atomic mass is 9.78. The van der Waals surface area contributed by atoms with Gasteiger partial charge in [-0.05, 0) is 58.0 Å². The Kier molecular flexibility index (Phi) is 10.1. The zero-order valence-electron chi connectivity index (χ0n) is 19.3. The number of halogens is 2. The van der Waals surface area contributed by atoms with E-state index in [0.29, 0.717) is 6.54 Å². The van der Waals surface area contributed by atoms with Crippen molar-refractivity contribution in [2.75, 3.05) is 51.8 Å². The maximum absolute atomic E-state index is 10.3. The molecule has 6 nitrogen and oxygen atoms in total. The van der Waals surface area contributed by atoms with E-state index in [9.17, 15) is 10.2 Å². The summed E-state index contributed by atoms with van der Waals surface area (Å²) in [5, 5.41) is 23.2. The topological polar surface area (TPSA) is 74.2 Å². The smallest absolute Gasteiger partial charge is 0.132 e. The van der Waals surface area contributed by atoms with E-state index in [4.69, 9.17) is 21.1 Å². The summed E-state index contributed by atoms with van der Waals surface area (Å²) in [7, 11) is 0. The predicted molar refractivity (Wildman–Crippen MR) is 141 cm³/mol. The van der Waals surface area contributed by atoms with Crippen molar-refractivity contribution in [3.63, 3.8) is 0 Å². The molecular weight excluding hydrogens is 551 g/mol. The van der Waals surface area contributed by atoms with Crippen molar-refractivity contribution < 1.29 is 19.7 Å². The van der Waals surface area contributed by atoms with Gasteiger partial charge < -0.3 is 25.0 Å². The zero-order valence-corrected chi connectivity index (χ0v) is 22.2. The fourth-order valence-corrected chi connectivity index (χ4v) is 4.57.